The molecule has 0 heterocycles. The molecule has 72 valence electrons. The van der Waals surface area contributed by atoms with E-state index >= 15 is 0 Å². The maximum atomic E-state index is 5.99. The van der Waals surface area contributed by atoms with Crippen molar-refractivity contribution in [3.05, 3.63) is 53.7 Å². The molecule has 0 saturated heterocycles. The van der Waals surface area contributed by atoms with Crippen LogP contribution in [0.5, 0.6) is 0 Å². The molecule has 14 heavy (non-hydrogen) atoms. The zero-order chi connectivity index (χ0) is 9.97. The van der Waals surface area contributed by atoms with Crippen LogP contribution in [0.3, 0.4) is 0 Å². The molecule has 1 aromatic carbocycles. The summed E-state index contributed by atoms with van der Waals surface area (Å²) in [4.78, 5) is 0. The molecule has 2 N–H and O–H groups in total. The van der Waals surface area contributed by atoms with E-state index in [1.54, 1.807) is 0 Å². The zero-order valence-electron chi connectivity index (χ0n) is 8.40. The summed E-state index contributed by atoms with van der Waals surface area (Å²) in [7, 11) is 0. The molecule has 1 aromatic rings. The van der Waals surface area contributed by atoms with Crippen LogP contribution in [0, 0.1) is 5.92 Å². The zero-order valence-corrected chi connectivity index (χ0v) is 8.40. The highest BCUT2D eigenvalue weighted by molar-refractivity contribution is 5.72. The average Bonchev–Trinajstić information content (AvgIpc) is 2.19. The molecule has 0 amide bonds. The van der Waals surface area contributed by atoms with Crippen molar-refractivity contribution in [3.63, 3.8) is 0 Å². The molecule has 2 rings (SSSR count). The van der Waals surface area contributed by atoms with Gasteiger partial charge in [-0.25, -0.2) is 0 Å². The fourth-order valence-electron chi connectivity index (χ4n) is 1.96. The number of allylic oxidation sites excluding steroid dienone is 3. The van der Waals surface area contributed by atoms with Gasteiger partial charge < -0.3 is 5.73 Å². The summed E-state index contributed by atoms with van der Waals surface area (Å²) in [5.74, 6) is 0.530. The molecular formula is C13H15N. The molecule has 1 nitrogen and oxygen atoms in total. The van der Waals surface area contributed by atoms with E-state index in [0.717, 1.165) is 12.1 Å². The Morgan fingerprint density at radius 2 is 1.93 bits per heavy atom. The molecule has 1 atom stereocenters. The number of hydrogen-bond donors (Lipinski definition) is 1. The molecule has 1 aliphatic rings. The van der Waals surface area contributed by atoms with Crippen molar-refractivity contribution in [2.75, 3.05) is 0 Å². The molecule has 0 aliphatic heterocycles. The van der Waals surface area contributed by atoms with Crippen LogP contribution in [-0.2, 0) is 0 Å². The van der Waals surface area contributed by atoms with Gasteiger partial charge in [0.1, 0.15) is 0 Å². The maximum absolute atomic E-state index is 5.99. The Balaban J connectivity index is 2.46. The van der Waals surface area contributed by atoms with Gasteiger partial charge >= 0.3 is 0 Å². The summed E-state index contributed by atoms with van der Waals surface area (Å²) in [6.45, 7) is 2.22. The van der Waals surface area contributed by atoms with Crippen molar-refractivity contribution in [3.8, 4) is 0 Å². The van der Waals surface area contributed by atoms with Gasteiger partial charge in [0.2, 0.25) is 0 Å². The molecule has 0 fully saturated rings. The van der Waals surface area contributed by atoms with Gasteiger partial charge in [0.05, 0.1) is 0 Å². The second-order valence-corrected chi connectivity index (χ2v) is 3.77. The highest BCUT2D eigenvalue weighted by Gasteiger charge is 2.15. The number of nitrogens with two attached hydrogens (primary N) is 1. The molecular weight excluding hydrogens is 170 g/mol. The van der Waals surface area contributed by atoms with Crippen molar-refractivity contribution in [1.29, 1.82) is 0 Å². The van der Waals surface area contributed by atoms with Gasteiger partial charge in [0, 0.05) is 5.70 Å². The first-order valence-electron chi connectivity index (χ1n) is 5.00. The largest absolute Gasteiger partial charge is 0.398 e. The van der Waals surface area contributed by atoms with Crippen LogP contribution in [0.2, 0.25) is 0 Å². The molecule has 0 saturated carbocycles. The standard InChI is InChI=1S/C13H15N/c1-10-6-5-9-12(14)13(10)11-7-3-2-4-8-11/h2-5,7-10H,6,14H2,1H3. The smallest absolute Gasteiger partial charge is 0.0352 e. The molecule has 0 aromatic heterocycles. The van der Waals surface area contributed by atoms with Crippen molar-refractivity contribution in [2.45, 2.75) is 13.3 Å². The summed E-state index contributed by atoms with van der Waals surface area (Å²) < 4.78 is 0. The first kappa shape index (κ1) is 9.07. The Bertz CT molecular complexity index is 373. The minimum absolute atomic E-state index is 0.530. The van der Waals surface area contributed by atoms with Crippen LogP contribution < -0.4 is 5.73 Å². The minimum Gasteiger partial charge on any atom is -0.398 e. The van der Waals surface area contributed by atoms with E-state index in [4.69, 9.17) is 5.73 Å². The van der Waals surface area contributed by atoms with Crippen LogP contribution >= 0.6 is 0 Å². The predicted octanol–water partition coefficient (Wildman–Crippen LogP) is 2.95. The summed E-state index contributed by atoms with van der Waals surface area (Å²) in [6.07, 6.45) is 5.25. The van der Waals surface area contributed by atoms with E-state index in [1.807, 2.05) is 12.1 Å². The van der Waals surface area contributed by atoms with Crippen molar-refractivity contribution in [2.24, 2.45) is 11.7 Å². The molecule has 0 radical (unpaired) electrons. The van der Waals surface area contributed by atoms with E-state index in [1.165, 1.54) is 11.1 Å². The van der Waals surface area contributed by atoms with Gasteiger partial charge in [-0.3, -0.25) is 0 Å². The summed E-state index contributed by atoms with van der Waals surface area (Å²) in [5.41, 5.74) is 9.44. The molecule has 1 unspecified atom stereocenters. The fraction of sp³-hybridized carbons (Fsp3) is 0.231. The minimum atomic E-state index is 0.530. The van der Waals surface area contributed by atoms with Gasteiger partial charge in [-0.15, -0.1) is 0 Å². The fourth-order valence-corrected chi connectivity index (χ4v) is 1.96. The van der Waals surface area contributed by atoms with Crippen molar-refractivity contribution < 1.29 is 0 Å². The van der Waals surface area contributed by atoms with E-state index in [2.05, 4.69) is 37.3 Å². The topological polar surface area (TPSA) is 26.0 Å². The van der Waals surface area contributed by atoms with E-state index in [-0.39, 0.29) is 0 Å². The number of rotatable bonds is 1. The third-order valence-corrected chi connectivity index (χ3v) is 2.68. The van der Waals surface area contributed by atoms with Gasteiger partial charge in [0.25, 0.3) is 0 Å². The highest BCUT2D eigenvalue weighted by atomic mass is 14.6. The van der Waals surface area contributed by atoms with Crippen molar-refractivity contribution >= 4 is 5.57 Å². The first-order chi connectivity index (χ1) is 6.79. The Hall–Kier alpha value is -1.50. The predicted molar refractivity (Wildman–Crippen MR) is 60.5 cm³/mol. The second kappa shape index (κ2) is 3.70. The van der Waals surface area contributed by atoms with Crippen LogP contribution in [0.1, 0.15) is 18.9 Å². The number of benzene rings is 1. The van der Waals surface area contributed by atoms with E-state index in [9.17, 15) is 0 Å². The number of hydrogen-bond acceptors (Lipinski definition) is 1. The average molecular weight is 185 g/mol. The van der Waals surface area contributed by atoms with E-state index in [0.29, 0.717) is 5.92 Å². The molecule has 1 aliphatic carbocycles. The third-order valence-electron chi connectivity index (χ3n) is 2.68. The van der Waals surface area contributed by atoms with Gasteiger partial charge in [-0.1, -0.05) is 43.3 Å². The van der Waals surface area contributed by atoms with Gasteiger partial charge in [-0.05, 0) is 29.6 Å². The van der Waals surface area contributed by atoms with Crippen LogP contribution in [0.15, 0.2) is 48.2 Å². The summed E-state index contributed by atoms with van der Waals surface area (Å²) in [6, 6.07) is 10.4. The monoisotopic (exact) mass is 185 g/mol. The summed E-state index contributed by atoms with van der Waals surface area (Å²) in [5, 5.41) is 0. The van der Waals surface area contributed by atoms with Crippen LogP contribution in [0.4, 0.5) is 0 Å². The lowest BCUT2D eigenvalue weighted by Crippen LogP contribution is -2.09. The van der Waals surface area contributed by atoms with Crippen LogP contribution in [0.25, 0.3) is 5.57 Å². The third kappa shape index (κ3) is 1.58. The molecule has 1 heteroatoms. The lowest BCUT2D eigenvalue weighted by molar-refractivity contribution is 0.750. The maximum Gasteiger partial charge on any atom is 0.0352 e. The summed E-state index contributed by atoms with van der Waals surface area (Å²) >= 11 is 0. The first-order valence-corrected chi connectivity index (χ1v) is 5.00. The lowest BCUT2D eigenvalue weighted by Gasteiger charge is -2.20. The Kier molecular flexibility index (Phi) is 2.40. The van der Waals surface area contributed by atoms with Crippen LogP contribution in [-0.4, -0.2) is 0 Å². The highest BCUT2D eigenvalue weighted by Crippen LogP contribution is 2.31. The van der Waals surface area contributed by atoms with Gasteiger partial charge in [0.15, 0.2) is 0 Å². The SMILES string of the molecule is CC1CC=CC(N)=C1c1ccccc1. The quantitative estimate of drug-likeness (QED) is 0.715. The molecule has 0 bridgehead atoms. The Morgan fingerprint density at radius 1 is 1.21 bits per heavy atom. The van der Waals surface area contributed by atoms with E-state index < -0.39 is 0 Å². The van der Waals surface area contributed by atoms with Gasteiger partial charge in [-0.2, -0.15) is 0 Å². The van der Waals surface area contributed by atoms with Crippen molar-refractivity contribution in [1.82, 2.24) is 0 Å². The normalized spacial score (nSPS) is 21.4. The Labute approximate surface area is 84.9 Å². The molecule has 0 spiro atoms. The second-order valence-electron chi connectivity index (χ2n) is 3.77. The Morgan fingerprint density at radius 3 is 2.57 bits per heavy atom. The lowest BCUT2D eigenvalue weighted by atomic mass is 9.86.